The summed E-state index contributed by atoms with van der Waals surface area (Å²) < 4.78 is 8.51. The highest BCUT2D eigenvalue weighted by Gasteiger charge is 2.44. The van der Waals surface area contributed by atoms with E-state index in [4.69, 9.17) is 21.3 Å². The molecule has 3 aromatic rings. The summed E-state index contributed by atoms with van der Waals surface area (Å²) in [6.07, 6.45) is 2.66. The first-order chi connectivity index (χ1) is 17.2. The molecule has 2 aromatic heterocycles. The van der Waals surface area contributed by atoms with Crippen LogP contribution in [-0.2, 0) is 9.53 Å². The Balaban J connectivity index is 1.48. The lowest BCUT2D eigenvalue weighted by atomic mass is 10.1. The second-order valence-corrected chi connectivity index (χ2v) is 9.50. The van der Waals surface area contributed by atoms with Crippen molar-refractivity contribution in [2.45, 2.75) is 37.0 Å². The average molecular weight is 562 g/mol. The fraction of sp³-hybridized carbons (Fsp3) is 0.391. The molecule has 0 bridgehead atoms. The van der Waals surface area contributed by atoms with E-state index in [1.54, 1.807) is 0 Å². The number of aromatic nitrogens is 4. The van der Waals surface area contributed by atoms with Gasteiger partial charge in [-0.2, -0.15) is 0 Å². The van der Waals surface area contributed by atoms with Crippen molar-refractivity contribution in [3.8, 4) is 0 Å². The van der Waals surface area contributed by atoms with Crippen molar-refractivity contribution >= 4 is 45.0 Å². The average Bonchev–Trinajstić information content (AvgIpc) is 3.39. The van der Waals surface area contributed by atoms with Gasteiger partial charge >= 0.3 is 5.97 Å². The second-order valence-electron chi connectivity index (χ2n) is 8.58. The van der Waals surface area contributed by atoms with E-state index in [9.17, 15) is 15.0 Å². The van der Waals surface area contributed by atoms with Gasteiger partial charge in [0.2, 0.25) is 0 Å². The fourth-order valence-corrected chi connectivity index (χ4v) is 4.49. The zero-order valence-corrected chi connectivity index (χ0v) is 20.8. The van der Waals surface area contributed by atoms with E-state index in [2.05, 4.69) is 30.9 Å². The molecule has 192 valence electrons. The standard InChI is InChI=1S/C23H28BrN7O5/c24-14-5-1-3-13(9-14)4-2-7-30(8-6-15(25)23(34)35)10-16-18(32)19(33)22(36-16)31-12-29-17-20(26)27-11-28-21(17)31/h1-5,9,11-12,15-16,18-19,22,32-33H,6-8,10,25H2,(H,34,35)(H2,26,27,28)/b4-2+/t15-,16+,18+,19+,22+/m0/s1. The van der Waals surface area contributed by atoms with Gasteiger partial charge in [-0.05, 0) is 24.1 Å². The highest BCUT2D eigenvalue weighted by Crippen LogP contribution is 2.32. The Kier molecular flexibility index (Phi) is 8.28. The summed E-state index contributed by atoms with van der Waals surface area (Å²) in [6, 6.07) is 6.77. The van der Waals surface area contributed by atoms with Crippen LogP contribution in [0.3, 0.4) is 0 Å². The van der Waals surface area contributed by atoms with Gasteiger partial charge in [-0.15, -0.1) is 0 Å². The van der Waals surface area contributed by atoms with Crippen LogP contribution < -0.4 is 11.5 Å². The first kappa shape index (κ1) is 26.1. The fourth-order valence-electron chi connectivity index (χ4n) is 4.07. The molecule has 36 heavy (non-hydrogen) atoms. The monoisotopic (exact) mass is 561 g/mol. The van der Waals surface area contributed by atoms with Crippen molar-refractivity contribution in [2.75, 3.05) is 25.4 Å². The summed E-state index contributed by atoms with van der Waals surface area (Å²) >= 11 is 3.45. The lowest BCUT2D eigenvalue weighted by Crippen LogP contribution is -2.42. The van der Waals surface area contributed by atoms with Crippen LogP contribution in [0.1, 0.15) is 18.2 Å². The maximum atomic E-state index is 11.2. The molecule has 4 rings (SSSR count). The molecule has 0 aliphatic carbocycles. The van der Waals surface area contributed by atoms with Crippen molar-refractivity contribution in [3.63, 3.8) is 0 Å². The van der Waals surface area contributed by atoms with Gasteiger partial charge in [-0.25, -0.2) is 15.0 Å². The topological polar surface area (TPSA) is 186 Å². The lowest BCUT2D eigenvalue weighted by molar-refractivity contribution is -0.138. The molecule has 0 spiro atoms. The number of carboxylic acids is 1. The number of hydrogen-bond donors (Lipinski definition) is 5. The quantitative estimate of drug-likeness (QED) is 0.233. The van der Waals surface area contributed by atoms with Crippen LogP contribution in [-0.4, -0.2) is 89.7 Å². The number of benzene rings is 1. The molecule has 0 amide bonds. The number of aliphatic hydroxyl groups is 2. The van der Waals surface area contributed by atoms with Crippen molar-refractivity contribution < 1.29 is 24.9 Å². The number of rotatable bonds is 10. The maximum Gasteiger partial charge on any atom is 0.320 e. The first-order valence-corrected chi connectivity index (χ1v) is 12.1. The molecule has 1 saturated heterocycles. The summed E-state index contributed by atoms with van der Waals surface area (Å²) in [5, 5.41) is 30.7. The van der Waals surface area contributed by atoms with E-state index in [0.29, 0.717) is 24.3 Å². The van der Waals surface area contributed by atoms with Crippen LogP contribution in [0.15, 0.2) is 47.5 Å². The van der Waals surface area contributed by atoms with E-state index in [1.807, 2.05) is 41.3 Å². The number of nitrogen functional groups attached to an aromatic ring is 1. The number of aliphatic carboxylic acids is 1. The van der Waals surface area contributed by atoms with Crippen LogP contribution >= 0.6 is 15.9 Å². The SMILES string of the molecule is Nc1ncnc2c1ncn2[C@@H]1O[C@H](CN(C/C=C/c2cccc(Br)c2)CC[C@H](N)C(=O)O)[C@@H](O)[C@H]1O. The minimum absolute atomic E-state index is 0.196. The largest absolute Gasteiger partial charge is 0.480 e. The molecule has 13 heteroatoms. The van der Waals surface area contributed by atoms with E-state index < -0.39 is 36.6 Å². The normalized spacial score (nSPS) is 23.1. The highest BCUT2D eigenvalue weighted by atomic mass is 79.9. The van der Waals surface area contributed by atoms with Crippen LogP contribution in [0, 0.1) is 0 Å². The highest BCUT2D eigenvalue weighted by molar-refractivity contribution is 9.10. The molecular weight excluding hydrogens is 534 g/mol. The predicted molar refractivity (Wildman–Crippen MR) is 136 cm³/mol. The number of carboxylic acid groups (broad SMARTS) is 1. The Hall–Kier alpha value is -2.94. The molecule has 0 radical (unpaired) electrons. The van der Waals surface area contributed by atoms with Gasteiger partial charge in [0.15, 0.2) is 17.7 Å². The number of nitrogens with two attached hydrogens (primary N) is 2. The molecule has 12 nitrogen and oxygen atoms in total. The van der Waals surface area contributed by atoms with Crippen LogP contribution in [0.4, 0.5) is 5.82 Å². The third-order valence-corrected chi connectivity index (χ3v) is 6.53. The molecule has 1 aliphatic rings. The van der Waals surface area contributed by atoms with Crippen molar-refractivity contribution in [1.29, 1.82) is 0 Å². The minimum Gasteiger partial charge on any atom is -0.480 e. The Morgan fingerprint density at radius 1 is 1.28 bits per heavy atom. The van der Waals surface area contributed by atoms with E-state index in [-0.39, 0.29) is 18.8 Å². The molecule has 0 unspecified atom stereocenters. The smallest absolute Gasteiger partial charge is 0.320 e. The van der Waals surface area contributed by atoms with E-state index >= 15 is 0 Å². The number of anilines is 1. The molecule has 1 aromatic carbocycles. The number of carbonyl (C=O) groups is 1. The molecule has 5 atom stereocenters. The van der Waals surface area contributed by atoms with Gasteiger partial charge in [0.05, 0.1) is 6.33 Å². The van der Waals surface area contributed by atoms with E-state index in [0.717, 1.165) is 10.0 Å². The zero-order valence-electron chi connectivity index (χ0n) is 19.3. The first-order valence-electron chi connectivity index (χ1n) is 11.3. The summed E-state index contributed by atoms with van der Waals surface area (Å²) in [6.45, 7) is 1.03. The van der Waals surface area contributed by atoms with Gasteiger partial charge in [0, 0.05) is 24.1 Å². The van der Waals surface area contributed by atoms with Gasteiger partial charge in [-0.1, -0.05) is 40.2 Å². The van der Waals surface area contributed by atoms with Crippen LogP contribution in [0.25, 0.3) is 17.2 Å². The minimum atomic E-state index is -1.25. The summed E-state index contributed by atoms with van der Waals surface area (Å²) in [7, 11) is 0. The molecule has 1 aliphatic heterocycles. The van der Waals surface area contributed by atoms with Crippen LogP contribution in [0.5, 0.6) is 0 Å². The predicted octanol–water partition coefficient (Wildman–Crippen LogP) is 0.608. The zero-order chi connectivity index (χ0) is 25.8. The molecular formula is C23H28BrN7O5. The Morgan fingerprint density at radius 3 is 2.83 bits per heavy atom. The van der Waals surface area contributed by atoms with Crippen molar-refractivity contribution in [2.24, 2.45) is 5.73 Å². The van der Waals surface area contributed by atoms with Crippen LogP contribution in [0.2, 0.25) is 0 Å². The number of hydrogen-bond acceptors (Lipinski definition) is 10. The van der Waals surface area contributed by atoms with Gasteiger partial charge in [0.1, 0.15) is 36.2 Å². The molecule has 7 N–H and O–H groups in total. The van der Waals surface area contributed by atoms with Gasteiger partial charge in [0.25, 0.3) is 0 Å². The molecule has 3 heterocycles. The number of imidazole rings is 1. The molecule has 0 saturated carbocycles. The Bertz CT molecular complexity index is 1240. The van der Waals surface area contributed by atoms with Crippen molar-refractivity contribution in [3.05, 3.63) is 53.0 Å². The summed E-state index contributed by atoms with van der Waals surface area (Å²) in [5.74, 6) is -0.887. The number of fused-ring (bicyclic) bond motifs is 1. The number of aliphatic hydroxyl groups excluding tert-OH is 2. The molecule has 1 fully saturated rings. The number of nitrogens with zero attached hydrogens (tertiary/aromatic N) is 5. The Morgan fingerprint density at radius 2 is 2.08 bits per heavy atom. The number of halogens is 1. The van der Waals surface area contributed by atoms with Gasteiger partial charge in [-0.3, -0.25) is 14.3 Å². The Labute approximate surface area is 215 Å². The van der Waals surface area contributed by atoms with E-state index in [1.165, 1.54) is 17.2 Å². The maximum absolute atomic E-state index is 11.2. The third-order valence-electron chi connectivity index (χ3n) is 6.03. The van der Waals surface area contributed by atoms with Gasteiger partial charge < -0.3 is 31.5 Å². The number of ether oxygens (including phenoxy) is 1. The third kappa shape index (κ3) is 5.88. The van der Waals surface area contributed by atoms with Crippen molar-refractivity contribution in [1.82, 2.24) is 24.4 Å². The lowest BCUT2D eigenvalue weighted by Gasteiger charge is -2.26. The second kappa shape index (κ2) is 11.4. The summed E-state index contributed by atoms with van der Waals surface area (Å²) in [5.41, 5.74) is 13.3. The summed E-state index contributed by atoms with van der Waals surface area (Å²) in [4.78, 5) is 25.4.